The van der Waals surface area contributed by atoms with Gasteiger partial charge in [0.1, 0.15) is 0 Å². The van der Waals surface area contributed by atoms with E-state index in [9.17, 15) is 8.42 Å². The first-order chi connectivity index (χ1) is 12.1. The lowest BCUT2D eigenvalue weighted by atomic mass is 10.1. The van der Waals surface area contributed by atoms with Crippen molar-refractivity contribution in [2.45, 2.75) is 35.6 Å². The van der Waals surface area contributed by atoms with Crippen LogP contribution in [-0.4, -0.2) is 26.1 Å². The molecule has 1 N–H and O–H groups in total. The highest BCUT2D eigenvalue weighted by Crippen LogP contribution is 2.31. The molecule has 1 aromatic heterocycles. The molecule has 3 aromatic rings. The molecule has 26 heavy (non-hydrogen) atoms. The SMILES string of the molecule is Cc1cn(C2CCNCC2)c2ccc(S(=O)(=O)c3ccccc3)cc12.Cl. The third-order valence-corrected chi connectivity index (χ3v) is 6.84. The zero-order valence-corrected chi connectivity index (χ0v) is 16.3. The maximum absolute atomic E-state index is 12.9. The second-order valence-corrected chi connectivity index (χ2v) is 8.65. The highest BCUT2D eigenvalue weighted by molar-refractivity contribution is 7.91. The van der Waals surface area contributed by atoms with E-state index in [1.807, 2.05) is 18.2 Å². The Morgan fingerprint density at radius 2 is 1.69 bits per heavy atom. The van der Waals surface area contributed by atoms with Gasteiger partial charge in [0.25, 0.3) is 0 Å². The summed E-state index contributed by atoms with van der Waals surface area (Å²) >= 11 is 0. The van der Waals surface area contributed by atoms with Crippen LogP contribution in [0, 0.1) is 6.92 Å². The fourth-order valence-electron chi connectivity index (χ4n) is 3.69. The predicted octanol–water partition coefficient (Wildman–Crippen LogP) is 4.13. The molecule has 0 radical (unpaired) electrons. The normalized spacial score (nSPS) is 15.7. The van der Waals surface area contributed by atoms with Gasteiger partial charge in [-0.15, -0.1) is 12.4 Å². The van der Waals surface area contributed by atoms with Crippen LogP contribution in [0.4, 0.5) is 0 Å². The van der Waals surface area contributed by atoms with Gasteiger partial charge in [-0.3, -0.25) is 0 Å². The van der Waals surface area contributed by atoms with Crippen molar-refractivity contribution in [2.75, 3.05) is 13.1 Å². The van der Waals surface area contributed by atoms with Gasteiger partial charge in [-0.1, -0.05) is 18.2 Å². The van der Waals surface area contributed by atoms with Gasteiger partial charge in [0.05, 0.1) is 9.79 Å². The fourth-order valence-corrected chi connectivity index (χ4v) is 5.00. The van der Waals surface area contributed by atoms with E-state index in [-0.39, 0.29) is 12.4 Å². The van der Waals surface area contributed by atoms with Crippen LogP contribution in [0.3, 0.4) is 0 Å². The largest absolute Gasteiger partial charge is 0.344 e. The van der Waals surface area contributed by atoms with E-state index < -0.39 is 9.84 Å². The number of hydrogen-bond acceptors (Lipinski definition) is 3. The number of benzene rings is 2. The lowest BCUT2D eigenvalue weighted by Crippen LogP contribution is -2.29. The standard InChI is InChI=1S/C20H22N2O2S.ClH/c1-15-14-22(16-9-11-21-12-10-16)20-8-7-18(13-19(15)20)25(23,24)17-5-3-2-4-6-17;/h2-8,13-14,16,21H,9-12H2,1H3;1H. The first kappa shape index (κ1) is 19.0. The van der Waals surface area contributed by atoms with Crippen molar-refractivity contribution in [1.29, 1.82) is 0 Å². The Morgan fingerprint density at radius 3 is 2.38 bits per heavy atom. The molecule has 1 saturated heterocycles. The predicted molar refractivity (Wildman–Crippen MR) is 107 cm³/mol. The van der Waals surface area contributed by atoms with Crippen LogP contribution < -0.4 is 5.32 Å². The highest BCUT2D eigenvalue weighted by Gasteiger charge is 2.21. The average Bonchev–Trinajstić information content (AvgIpc) is 2.99. The van der Waals surface area contributed by atoms with Crippen molar-refractivity contribution >= 4 is 33.1 Å². The molecule has 0 bridgehead atoms. The average molecular weight is 391 g/mol. The monoisotopic (exact) mass is 390 g/mol. The molecule has 1 fully saturated rings. The number of rotatable bonds is 3. The van der Waals surface area contributed by atoms with Crippen LogP contribution in [0.15, 0.2) is 64.5 Å². The number of sulfone groups is 1. The number of fused-ring (bicyclic) bond motifs is 1. The molecule has 0 atom stereocenters. The van der Waals surface area contributed by atoms with E-state index in [0.29, 0.717) is 15.8 Å². The molecule has 0 saturated carbocycles. The Balaban J connectivity index is 0.00000196. The quantitative estimate of drug-likeness (QED) is 0.731. The van der Waals surface area contributed by atoms with Gasteiger partial charge >= 0.3 is 0 Å². The highest BCUT2D eigenvalue weighted by atomic mass is 35.5. The van der Waals surface area contributed by atoms with Crippen molar-refractivity contribution in [2.24, 2.45) is 0 Å². The molecule has 4 nitrogen and oxygen atoms in total. The van der Waals surface area contributed by atoms with Crippen molar-refractivity contribution in [3.05, 3.63) is 60.3 Å². The Hall–Kier alpha value is -1.82. The molecule has 0 amide bonds. The number of nitrogens with one attached hydrogen (secondary N) is 1. The number of aryl methyl sites for hydroxylation is 1. The Bertz CT molecular complexity index is 1010. The van der Waals surface area contributed by atoms with Gasteiger partial charge in [-0.2, -0.15) is 0 Å². The number of hydrogen-bond donors (Lipinski definition) is 1. The van der Waals surface area contributed by atoms with Crippen molar-refractivity contribution in [1.82, 2.24) is 9.88 Å². The van der Waals surface area contributed by atoms with E-state index in [1.54, 1.807) is 30.3 Å². The molecular weight excluding hydrogens is 368 g/mol. The van der Waals surface area contributed by atoms with Crippen LogP contribution in [-0.2, 0) is 9.84 Å². The van der Waals surface area contributed by atoms with Crippen LogP contribution in [0.5, 0.6) is 0 Å². The molecular formula is C20H23ClN2O2S. The van der Waals surface area contributed by atoms with Crippen LogP contribution >= 0.6 is 12.4 Å². The molecule has 0 unspecified atom stereocenters. The summed E-state index contributed by atoms with van der Waals surface area (Å²) in [7, 11) is -3.48. The lowest BCUT2D eigenvalue weighted by molar-refractivity contribution is 0.376. The Kier molecular flexibility index (Phi) is 5.42. The summed E-state index contributed by atoms with van der Waals surface area (Å²) in [6.07, 6.45) is 4.38. The van der Waals surface area contributed by atoms with E-state index in [2.05, 4.69) is 23.0 Å². The molecule has 1 aliphatic heterocycles. The molecule has 0 spiro atoms. The second kappa shape index (κ2) is 7.43. The summed E-state index contributed by atoms with van der Waals surface area (Å²) in [5, 5.41) is 4.42. The summed E-state index contributed by atoms with van der Waals surface area (Å²) < 4.78 is 28.1. The molecule has 138 valence electrons. The van der Waals surface area contributed by atoms with Gasteiger partial charge in [0, 0.05) is 23.1 Å². The summed E-state index contributed by atoms with van der Waals surface area (Å²) in [5.41, 5.74) is 2.25. The first-order valence-electron chi connectivity index (χ1n) is 8.69. The fraction of sp³-hybridized carbons (Fsp3) is 0.300. The topological polar surface area (TPSA) is 51.1 Å². The van der Waals surface area contributed by atoms with E-state index in [4.69, 9.17) is 0 Å². The van der Waals surface area contributed by atoms with Crippen LogP contribution in [0.1, 0.15) is 24.4 Å². The van der Waals surface area contributed by atoms with Crippen LogP contribution in [0.25, 0.3) is 10.9 Å². The van der Waals surface area contributed by atoms with Gasteiger partial charge in [-0.25, -0.2) is 8.42 Å². The van der Waals surface area contributed by atoms with Gasteiger partial charge in [0.15, 0.2) is 0 Å². The Labute approximate surface area is 160 Å². The number of aromatic nitrogens is 1. The van der Waals surface area contributed by atoms with Crippen molar-refractivity contribution in [3.8, 4) is 0 Å². The maximum atomic E-state index is 12.9. The summed E-state index contributed by atoms with van der Waals surface area (Å²) in [5.74, 6) is 0. The molecule has 6 heteroatoms. The van der Waals surface area contributed by atoms with Gasteiger partial charge in [-0.05, 0) is 68.8 Å². The third-order valence-electron chi connectivity index (χ3n) is 5.07. The second-order valence-electron chi connectivity index (χ2n) is 6.70. The number of halogens is 1. The molecule has 2 heterocycles. The minimum absolute atomic E-state index is 0. The van der Waals surface area contributed by atoms with E-state index >= 15 is 0 Å². The molecule has 2 aromatic carbocycles. The number of piperidine rings is 1. The van der Waals surface area contributed by atoms with Crippen molar-refractivity contribution in [3.63, 3.8) is 0 Å². The Morgan fingerprint density at radius 1 is 1.00 bits per heavy atom. The van der Waals surface area contributed by atoms with Gasteiger partial charge in [0.2, 0.25) is 9.84 Å². The molecule has 1 aliphatic rings. The smallest absolute Gasteiger partial charge is 0.206 e. The zero-order valence-electron chi connectivity index (χ0n) is 14.7. The molecule has 4 rings (SSSR count). The minimum Gasteiger partial charge on any atom is -0.344 e. The van der Waals surface area contributed by atoms with E-state index in [0.717, 1.165) is 42.4 Å². The van der Waals surface area contributed by atoms with Crippen molar-refractivity contribution < 1.29 is 8.42 Å². The summed E-state index contributed by atoms with van der Waals surface area (Å²) in [6, 6.07) is 14.6. The molecule has 0 aliphatic carbocycles. The minimum atomic E-state index is -3.48. The number of nitrogens with zero attached hydrogens (tertiary/aromatic N) is 1. The third kappa shape index (κ3) is 3.27. The summed E-state index contributed by atoms with van der Waals surface area (Å²) in [4.78, 5) is 0.696. The summed E-state index contributed by atoms with van der Waals surface area (Å²) in [6.45, 7) is 4.12. The maximum Gasteiger partial charge on any atom is 0.206 e. The lowest BCUT2D eigenvalue weighted by Gasteiger charge is -2.25. The van der Waals surface area contributed by atoms with Gasteiger partial charge < -0.3 is 9.88 Å². The first-order valence-corrected chi connectivity index (χ1v) is 10.2. The van der Waals surface area contributed by atoms with E-state index in [1.165, 1.54) is 0 Å². The van der Waals surface area contributed by atoms with Crippen LogP contribution in [0.2, 0.25) is 0 Å². The zero-order chi connectivity index (χ0) is 17.4.